The summed E-state index contributed by atoms with van der Waals surface area (Å²) >= 11 is 5.93. The number of rotatable bonds is 4. The van der Waals surface area contributed by atoms with Crippen molar-refractivity contribution in [3.63, 3.8) is 0 Å². The van der Waals surface area contributed by atoms with E-state index in [2.05, 4.69) is 10.0 Å². The SMILES string of the molecule is Cc1c(Cl)cc(S(=O)(=O)NC2CCNC(C)C2)cc1[N+](=O)[O-]. The lowest BCUT2D eigenvalue weighted by Crippen LogP contribution is -2.46. The number of nitro benzene ring substituents is 1. The quantitative estimate of drug-likeness (QED) is 0.640. The number of hydrogen-bond donors (Lipinski definition) is 2. The van der Waals surface area contributed by atoms with Crippen molar-refractivity contribution in [2.75, 3.05) is 6.54 Å². The molecule has 1 heterocycles. The third-order valence-electron chi connectivity index (χ3n) is 3.74. The molecule has 1 saturated heterocycles. The van der Waals surface area contributed by atoms with Crippen molar-refractivity contribution < 1.29 is 13.3 Å². The molecule has 0 saturated carbocycles. The van der Waals surface area contributed by atoms with Gasteiger partial charge in [-0.1, -0.05) is 11.6 Å². The Hall–Kier alpha value is -1.22. The summed E-state index contributed by atoms with van der Waals surface area (Å²) in [5.41, 5.74) is -0.0485. The van der Waals surface area contributed by atoms with Gasteiger partial charge in [-0.15, -0.1) is 0 Å². The molecule has 0 spiro atoms. The largest absolute Gasteiger partial charge is 0.314 e. The molecule has 1 fully saturated rings. The fraction of sp³-hybridized carbons (Fsp3) is 0.538. The summed E-state index contributed by atoms with van der Waals surface area (Å²) in [6.07, 6.45) is 1.34. The zero-order valence-electron chi connectivity index (χ0n) is 12.3. The molecule has 0 radical (unpaired) electrons. The summed E-state index contributed by atoms with van der Waals surface area (Å²) in [5.74, 6) is 0. The van der Waals surface area contributed by atoms with Crippen molar-refractivity contribution in [3.05, 3.63) is 32.8 Å². The van der Waals surface area contributed by atoms with E-state index in [1.165, 1.54) is 13.0 Å². The van der Waals surface area contributed by atoms with E-state index in [4.69, 9.17) is 11.6 Å². The Labute approximate surface area is 134 Å². The molecule has 0 amide bonds. The Morgan fingerprint density at radius 1 is 1.45 bits per heavy atom. The number of sulfonamides is 1. The van der Waals surface area contributed by atoms with Crippen molar-refractivity contribution in [1.82, 2.24) is 10.0 Å². The zero-order valence-corrected chi connectivity index (χ0v) is 13.9. The molecule has 2 atom stereocenters. The van der Waals surface area contributed by atoms with Gasteiger partial charge in [-0.2, -0.15) is 0 Å². The molecule has 1 aliphatic heterocycles. The molecule has 0 aromatic heterocycles. The van der Waals surface area contributed by atoms with Crippen molar-refractivity contribution in [2.45, 2.75) is 43.7 Å². The van der Waals surface area contributed by atoms with Crippen LogP contribution in [0.5, 0.6) is 0 Å². The minimum atomic E-state index is -3.85. The van der Waals surface area contributed by atoms with Gasteiger partial charge in [-0.3, -0.25) is 10.1 Å². The van der Waals surface area contributed by atoms with E-state index in [0.717, 1.165) is 12.6 Å². The maximum Gasteiger partial charge on any atom is 0.275 e. The predicted octanol–water partition coefficient (Wildman–Crippen LogP) is 1.98. The topological polar surface area (TPSA) is 101 Å². The lowest BCUT2D eigenvalue weighted by Gasteiger charge is -2.28. The molecule has 2 rings (SSSR count). The summed E-state index contributed by atoms with van der Waals surface area (Å²) in [5, 5.41) is 14.3. The lowest BCUT2D eigenvalue weighted by atomic mass is 10.0. The number of piperidine rings is 1. The summed E-state index contributed by atoms with van der Waals surface area (Å²) in [6.45, 7) is 4.19. The highest BCUT2D eigenvalue weighted by atomic mass is 35.5. The summed E-state index contributed by atoms with van der Waals surface area (Å²) in [4.78, 5) is 10.2. The van der Waals surface area contributed by atoms with Crippen LogP contribution in [0.1, 0.15) is 25.3 Å². The minimum Gasteiger partial charge on any atom is -0.314 e. The summed E-state index contributed by atoms with van der Waals surface area (Å²) in [6, 6.07) is 2.32. The highest BCUT2D eigenvalue weighted by Crippen LogP contribution is 2.29. The van der Waals surface area contributed by atoms with Crippen molar-refractivity contribution >= 4 is 27.3 Å². The molecule has 0 bridgehead atoms. The number of nitrogens with one attached hydrogen (secondary N) is 2. The van der Waals surface area contributed by atoms with Gasteiger partial charge in [-0.05, 0) is 39.3 Å². The third-order valence-corrected chi connectivity index (χ3v) is 5.64. The molecule has 22 heavy (non-hydrogen) atoms. The molecule has 2 N–H and O–H groups in total. The Bertz CT molecular complexity index is 693. The molecule has 0 aliphatic carbocycles. The van der Waals surface area contributed by atoms with Crippen LogP contribution in [0.2, 0.25) is 5.02 Å². The monoisotopic (exact) mass is 347 g/mol. The fourth-order valence-corrected chi connectivity index (χ4v) is 4.12. The average molecular weight is 348 g/mol. The second-order valence-electron chi connectivity index (χ2n) is 5.50. The minimum absolute atomic E-state index is 0.0632. The Morgan fingerprint density at radius 2 is 2.14 bits per heavy atom. The predicted molar refractivity (Wildman–Crippen MR) is 83.7 cm³/mol. The molecule has 122 valence electrons. The van der Waals surface area contributed by atoms with Crippen molar-refractivity contribution in [1.29, 1.82) is 0 Å². The second-order valence-corrected chi connectivity index (χ2v) is 7.63. The highest BCUT2D eigenvalue weighted by molar-refractivity contribution is 7.89. The average Bonchev–Trinajstić information content (AvgIpc) is 2.40. The van der Waals surface area contributed by atoms with Crippen LogP contribution in [-0.4, -0.2) is 32.0 Å². The van der Waals surface area contributed by atoms with Crippen LogP contribution in [0.3, 0.4) is 0 Å². The zero-order chi connectivity index (χ0) is 16.5. The Kier molecular flexibility index (Phi) is 5.06. The second kappa shape index (κ2) is 6.49. The van der Waals surface area contributed by atoms with E-state index in [-0.39, 0.29) is 33.3 Å². The first-order chi connectivity index (χ1) is 10.2. The van der Waals surface area contributed by atoms with Crippen LogP contribution >= 0.6 is 11.6 Å². The number of benzene rings is 1. The van der Waals surface area contributed by atoms with Crippen LogP contribution in [0.4, 0.5) is 5.69 Å². The van der Waals surface area contributed by atoms with E-state index >= 15 is 0 Å². The number of hydrogen-bond acceptors (Lipinski definition) is 5. The number of nitrogens with zero attached hydrogens (tertiary/aromatic N) is 1. The Balaban J connectivity index is 2.31. The van der Waals surface area contributed by atoms with Gasteiger partial charge in [0.1, 0.15) is 0 Å². The third kappa shape index (κ3) is 3.75. The maximum atomic E-state index is 12.4. The molecule has 1 aliphatic rings. The van der Waals surface area contributed by atoms with E-state index in [1.54, 1.807) is 0 Å². The van der Waals surface area contributed by atoms with E-state index in [1.807, 2.05) is 6.92 Å². The van der Waals surface area contributed by atoms with Crippen molar-refractivity contribution in [3.8, 4) is 0 Å². The molecule has 7 nitrogen and oxygen atoms in total. The molecular weight excluding hydrogens is 330 g/mol. The van der Waals surface area contributed by atoms with Gasteiger partial charge in [0.25, 0.3) is 5.69 Å². The van der Waals surface area contributed by atoms with Crippen LogP contribution in [-0.2, 0) is 10.0 Å². The highest BCUT2D eigenvalue weighted by Gasteiger charge is 2.27. The standard InChI is InChI=1S/C13H18ClN3O4S/c1-8-5-10(3-4-15-8)16-22(20,21)11-6-12(14)9(2)13(7-11)17(18)19/h6-8,10,15-16H,3-5H2,1-2H3. The van der Waals surface area contributed by atoms with Gasteiger partial charge in [0.2, 0.25) is 10.0 Å². The maximum absolute atomic E-state index is 12.4. The lowest BCUT2D eigenvalue weighted by molar-refractivity contribution is -0.385. The fourth-order valence-electron chi connectivity index (χ4n) is 2.51. The van der Waals surface area contributed by atoms with Gasteiger partial charge >= 0.3 is 0 Å². The smallest absolute Gasteiger partial charge is 0.275 e. The van der Waals surface area contributed by atoms with E-state index < -0.39 is 14.9 Å². The van der Waals surface area contributed by atoms with Gasteiger partial charge in [0.15, 0.2) is 0 Å². The van der Waals surface area contributed by atoms with E-state index in [0.29, 0.717) is 12.8 Å². The first-order valence-electron chi connectivity index (χ1n) is 6.91. The Morgan fingerprint density at radius 3 is 2.73 bits per heavy atom. The van der Waals surface area contributed by atoms with E-state index in [9.17, 15) is 18.5 Å². The molecular formula is C13H18ClN3O4S. The normalized spacial score (nSPS) is 22.5. The molecule has 9 heteroatoms. The van der Waals surface area contributed by atoms with Gasteiger partial charge in [-0.25, -0.2) is 13.1 Å². The summed E-state index contributed by atoms with van der Waals surface area (Å²) < 4.78 is 27.5. The van der Waals surface area contributed by atoms with Crippen LogP contribution < -0.4 is 10.0 Å². The van der Waals surface area contributed by atoms with Crippen molar-refractivity contribution in [2.24, 2.45) is 0 Å². The van der Waals surface area contributed by atoms with Gasteiger partial charge in [0, 0.05) is 23.7 Å². The van der Waals surface area contributed by atoms with Gasteiger partial charge in [0.05, 0.1) is 14.8 Å². The molecule has 1 aromatic carbocycles. The van der Waals surface area contributed by atoms with Crippen LogP contribution in [0.15, 0.2) is 17.0 Å². The number of nitro groups is 1. The summed E-state index contributed by atoms with van der Waals surface area (Å²) in [7, 11) is -3.85. The van der Waals surface area contributed by atoms with Gasteiger partial charge < -0.3 is 5.32 Å². The first kappa shape index (κ1) is 17.1. The number of halogens is 1. The molecule has 1 aromatic rings. The molecule has 2 unspecified atom stereocenters. The van der Waals surface area contributed by atoms with Crippen LogP contribution in [0.25, 0.3) is 0 Å². The van der Waals surface area contributed by atoms with Crippen LogP contribution in [0, 0.1) is 17.0 Å². The first-order valence-corrected chi connectivity index (χ1v) is 8.77.